The maximum absolute atomic E-state index is 13.7. The molecule has 2 saturated heterocycles. The lowest BCUT2D eigenvalue weighted by molar-refractivity contribution is -0.262. The summed E-state index contributed by atoms with van der Waals surface area (Å²) in [7, 11) is 0. The highest BCUT2D eigenvalue weighted by molar-refractivity contribution is 5.69. The molecule has 2 heterocycles. The van der Waals surface area contributed by atoms with Crippen molar-refractivity contribution in [3.8, 4) is 0 Å². The molecule has 2 aromatic carbocycles. The standard InChI is InChI=1S/C29H36N8O5/c1-18-27(37(16-19-8-4-2-5-9-19)28(40)41-17-20-10-6-3-7-11-20)29(32-18)15-14-23(34-36-31)26(42-29)21-12-13-22(33-35-30)25(39)24(21)38/h2-11,18,21-27,32,38-39H,12-17H2,1H3/t18?,21?,22?,23?,24-,25-,26+,27+,29-/m0/s1. The van der Waals surface area contributed by atoms with Gasteiger partial charge in [-0.05, 0) is 54.8 Å². The molecule has 1 saturated carbocycles. The quantitative estimate of drug-likeness (QED) is 0.235. The van der Waals surface area contributed by atoms with Gasteiger partial charge in [0.1, 0.15) is 12.3 Å². The van der Waals surface area contributed by atoms with Crippen molar-refractivity contribution in [2.24, 2.45) is 16.1 Å². The molecule has 222 valence electrons. The van der Waals surface area contributed by atoms with E-state index < -0.39 is 54.2 Å². The Morgan fingerprint density at radius 2 is 1.64 bits per heavy atom. The molecule has 1 aliphatic carbocycles. The topological polar surface area (TPSA) is 189 Å². The predicted octanol–water partition coefficient (Wildman–Crippen LogP) is 4.55. The van der Waals surface area contributed by atoms with Gasteiger partial charge in [0.15, 0.2) is 0 Å². The lowest BCUT2D eigenvalue weighted by Gasteiger charge is -2.62. The van der Waals surface area contributed by atoms with Crippen molar-refractivity contribution in [3.63, 3.8) is 0 Å². The van der Waals surface area contributed by atoms with Crippen LogP contribution >= 0.6 is 0 Å². The van der Waals surface area contributed by atoms with Gasteiger partial charge < -0.3 is 19.7 Å². The second-order valence-electron chi connectivity index (χ2n) is 11.3. The van der Waals surface area contributed by atoms with Crippen molar-refractivity contribution < 1.29 is 24.5 Å². The van der Waals surface area contributed by atoms with Crippen LogP contribution in [0, 0.1) is 5.92 Å². The molecule has 5 rings (SSSR count). The smallest absolute Gasteiger partial charge is 0.410 e. The van der Waals surface area contributed by atoms with Crippen molar-refractivity contribution in [1.82, 2.24) is 10.2 Å². The Morgan fingerprint density at radius 1 is 1.00 bits per heavy atom. The summed E-state index contributed by atoms with van der Waals surface area (Å²) in [5.74, 6) is -0.580. The zero-order chi connectivity index (χ0) is 29.7. The predicted molar refractivity (Wildman–Crippen MR) is 152 cm³/mol. The minimum atomic E-state index is -1.28. The molecular weight excluding hydrogens is 540 g/mol. The number of benzene rings is 2. The van der Waals surface area contributed by atoms with Crippen LogP contribution in [0.5, 0.6) is 0 Å². The molecule has 0 radical (unpaired) electrons. The van der Waals surface area contributed by atoms with Crippen molar-refractivity contribution in [2.75, 3.05) is 0 Å². The number of hydrogen-bond acceptors (Lipinski definition) is 8. The fourth-order valence-electron chi connectivity index (χ4n) is 6.77. The highest BCUT2D eigenvalue weighted by Crippen LogP contribution is 2.46. The van der Waals surface area contributed by atoms with Crippen LogP contribution in [0.1, 0.15) is 43.7 Å². The molecule has 4 unspecified atom stereocenters. The van der Waals surface area contributed by atoms with Gasteiger partial charge in [-0.1, -0.05) is 70.9 Å². The van der Waals surface area contributed by atoms with E-state index in [9.17, 15) is 20.5 Å². The van der Waals surface area contributed by atoms with Crippen molar-refractivity contribution in [2.45, 2.75) is 94.0 Å². The van der Waals surface area contributed by atoms with Crippen LogP contribution in [0.3, 0.4) is 0 Å². The Hall–Kier alpha value is -3.83. The average Bonchev–Trinajstić information content (AvgIpc) is 3.00. The van der Waals surface area contributed by atoms with Gasteiger partial charge in [0.2, 0.25) is 0 Å². The molecule has 2 aromatic rings. The van der Waals surface area contributed by atoms with Crippen LogP contribution in [-0.2, 0) is 22.6 Å². The van der Waals surface area contributed by atoms with Crippen LogP contribution in [-0.4, -0.2) is 69.4 Å². The summed E-state index contributed by atoms with van der Waals surface area (Å²) < 4.78 is 12.5. The van der Waals surface area contributed by atoms with Crippen LogP contribution < -0.4 is 5.32 Å². The second-order valence-corrected chi connectivity index (χ2v) is 11.3. The lowest BCUT2D eigenvalue weighted by atomic mass is 9.72. The molecule has 1 spiro atoms. The van der Waals surface area contributed by atoms with Crippen molar-refractivity contribution in [1.29, 1.82) is 0 Å². The first-order valence-electron chi connectivity index (χ1n) is 14.3. The molecule has 13 heteroatoms. The molecule has 9 atom stereocenters. The van der Waals surface area contributed by atoms with Gasteiger partial charge >= 0.3 is 6.09 Å². The summed E-state index contributed by atoms with van der Waals surface area (Å²) in [6.07, 6.45) is -2.11. The number of aliphatic hydroxyl groups excluding tert-OH is 2. The van der Waals surface area contributed by atoms with Gasteiger partial charge in [-0.15, -0.1) is 0 Å². The molecule has 0 aromatic heterocycles. The highest BCUT2D eigenvalue weighted by atomic mass is 16.6. The zero-order valence-corrected chi connectivity index (χ0v) is 23.4. The summed E-state index contributed by atoms with van der Waals surface area (Å²) >= 11 is 0. The normalized spacial score (nSPS) is 33.9. The number of nitrogens with zero attached hydrogens (tertiary/aromatic N) is 7. The van der Waals surface area contributed by atoms with E-state index >= 15 is 0 Å². The maximum atomic E-state index is 13.7. The molecule has 1 amide bonds. The molecule has 3 fully saturated rings. The first kappa shape index (κ1) is 29.7. The third-order valence-electron chi connectivity index (χ3n) is 8.73. The number of carbonyl (C=O) groups is 1. The summed E-state index contributed by atoms with van der Waals surface area (Å²) in [4.78, 5) is 21.2. The van der Waals surface area contributed by atoms with E-state index in [1.165, 1.54) is 0 Å². The van der Waals surface area contributed by atoms with Crippen molar-refractivity contribution in [3.05, 3.63) is 92.7 Å². The van der Waals surface area contributed by atoms with E-state index in [1.54, 1.807) is 4.90 Å². The number of hydrogen-bond donors (Lipinski definition) is 3. The van der Waals surface area contributed by atoms with E-state index in [0.29, 0.717) is 32.2 Å². The minimum absolute atomic E-state index is 0.118. The van der Waals surface area contributed by atoms with Gasteiger partial charge in [0.05, 0.1) is 36.4 Å². The Balaban J connectivity index is 1.42. The van der Waals surface area contributed by atoms with Crippen LogP contribution in [0.15, 0.2) is 70.9 Å². The number of azide groups is 2. The van der Waals surface area contributed by atoms with Gasteiger partial charge in [-0.3, -0.25) is 10.2 Å². The van der Waals surface area contributed by atoms with E-state index in [0.717, 1.165) is 11.1 Å². The fourth-order valence-corrected chi connectivity index (χ4v) is 6.77. The number of aliphatic hydroxyl groups is 2. The van der Waals surface area contributed by atoms with Gasteiger partial charge in [-0.25, -0.2) is 4.79 Å². The largest absolute Gasteiger partial charge is 0.445 e. The molecule has 0 bridgehead atoms. The third kappa shape index (κ3) is 6.03. The summed E-state index contributed by atoms with van der Waals surface area (Å²) in [6.45, 7) is 2.38. The Labute approximate surface area is 243 Å². The number of amides is 1. The lowest BCUT2D eigenvalue weighted by Crippen LogP contribution is -2.82. The Kier molecular flexibility index (Phi) is 9.18. The van der Waals surface area contributed by atoms with E-state index in [2.05, 4.69) is 25.4 Å². The van der Waals surface area contributed by atoms with Crippen molar-refractivity contribution >= 4 is 6.09 Å². The second kappa shape index (κ2) is 13.0. The average molecular weight is 577 g/mol. The molecule has 13 nitrogen and oxygen atoms in total. The summed E-state index contributed by atoms with van der Waals surface area (Å²) in [6, 6.07) is 17.2. The Bertz CT molecular complexity index is 1320. The zero-order valence-electron chi connectivity index (χ0n) is 23.4. The monoisotopic (exact) mass is 576 g/mol. The molecular formula is C29H36N8O5. The molecule has 2 aliphatic heterocycles. The van der Waals surface area contributed by atoms with E-state index in [4.69, 9.17) is 15.0 Å². The van der Waals surface area contributed by atoms with E-state index in [1.807, 2.05) is 67.6 Å². The van der Waals surface area contributed by atoms with Gasteiger partial charge in [0.25, 0.3) is 0 Å². The SMILES string of the molecule is CC1N[C@]2(CCC(N=[N+]=[N-])[C@@H](C3CCC(N=[N+]=[N-])[C@H](O)[C@H]3O)O2)[C@@H]1N(Cc1ccccc1)C(=O)OCc1ccccc1. The molecule has 3 N–H and O–H groups in total. The summed E-state index contributed by atoms with van der Waals surface area (Å²) in [5, 5.41) is 32.9. The number of ether oxygens (including phenoxy) is 2. The molecule has 42 heavy (non-hydrogen) atoms. The Morgan fingerprint density at radius 3 is 2.29 bits per heavy atom. The molecule has 3 aliphatic rings. The van der Waals surface area contributed by atoms with E-state index in [-0.39, 0.29) is 12.6 Å². The van der Waals surface area contributed by atoms with Gasteiger partial charge in [-0.2, -0.15) is 0 Å². The number of nitrogens with one attached hydrogen (secondary N) is 1. The van der Waals surface area contributed by atoms with Crippen LogP contribution in [0.2, 0.25) is 0 Å². The first-order valence-corrected chi connectivity index (χ1v) is 14.3. The van der Waals surface area contributed by atoms with Crippen LogP contribution in [0.25, 0.3) is 20.9 Å². The fraction of sp³-hybridized carbons (Fsp3) is 0.552. The number of carbonyl (C=O) groups excluding carboxylic acids is 1. The maximum Gasteiger partial charge on any atom is 0.410 e. The van der Waals surface area contributed by atoms with Crippen LogP contribution in [0.4, 0.5) is 4.79 Å². The third-order valence-corrected chi connectivity index (χ3v) is 8.73. The van der Waals surface area contributed by atoms with Gasteiger partial charge in [0, 0.05) is 28.3 Å². The first-order chi connectivity index (χ1) is 20.4. The number of rotatable bonds is 8. The minimum Gasteiger partial charge on any atom is -0.445 e. The summed E-state index contributed by atoms with van der Waals surface area (Å²) in [5.41, 5.74) is 19.0. The highest BCUT2D eigenvalue weighted by Gasteiger charge is 2.61.